The van der Waals surface area contributed by atoms with Gasteiger partial charge in [-0.3, -0.25) is 4.79 Å². The number of amides is 1. The van der Waals surface area contributed by atoms with Gasteiger partial charge in [-0.25, -0.2) is 9.59 Å². The highest BCUT2D eigenvalue weighted by Crippen LogP contribution is 2.33. The molecular weight excluding hydrogens is 442 g/mol. The second-order valence-electron chi connectivity index (χ2n) is 6.11. The lowest BCUT2D eigenvalue weighted by atomic mass is 10.1. The summed E-state index contributed by atoms with van der Waals surface area (Å²) in [5.74, 6) is -1.61. The predicted octanol–water partition coefficient (Wildman–Crippen LogP) is 3.95. The van der Waals surface area contributed by atoms with Crippen molar-refractivity contribution in [3.63, 3.8) is 0 Å². The van der Waals surface area contributed by atoms with Gasteiger partial charge >= 0.3 is 11.9 Å². The highest BCUT2D eigenvalue weighted by Gasteiger charge is 2.25. The zero-order valence-electron chi connectivity index (χ0n) is 16.5. The van der Waals surface area contributed by atoms with Gasteiger partial charge in [-0.15, -0.1) is 22.7 Å². The van der Waals surface area contributed by atoms with Crippen LogP contribution in [0.15, 0.2) is 28.9 Å². The Hall–Kier alpha value is -3.62. The molecule has 0 aliphatic carbocycles. The number of nitrogens with two attached hydrogens (primary N) is 1. The van der Waals surface area contributed by atoms with Crippen LogP contribution in [0.2, 0.25) is 0 Å². The molecule has 1 amide bonds. The van der Waals surface area contributed by atoms with E-state index < -0.39 is 17.8 Å². The van der Waals surface area contributed by atoms with Crippen molar-refractivity contribution in [1.29, 1.82) is 5.26 Å². The molecule has 3 heterocycles. The van der Waals surface area contributed by atoms with Crippen LogP contribution < -0.4 is 11.1 Å². The summed E-state index contributed by atoms with van der Waals surface area (Å²) >= 11 is 1.94. The number of carbonyl (C=O) groups is 3. The number of esters is 2. The molecule has 0 aliphatic heterocycles. The summed E-state index contributed by atoms with van der Waals surface area (Å²) < 4.78 is 15.4. The van der Waals surface area contributed by atoms with Crippen LogP contribution in [-0.4, -0.2) is 24.5 Å². The summed E-state index contributed by atoms with van der Waals surface area (Å²) in [6.45, 7) is 3.18. The van der Waals surface area contributed by atoms with Crippen molar-refractivity contribution in [3.05, 3.63) is 56.7 Å². The predicted molar refractivity (Wildman–Crippen MR) is 114 cm³/mol. The topological polar surface area (TPSA) is 145 Å². The summed E-state index contributed by atoms with van der Waals surface area (Å²) in [5, 5.41) is 12.6. The number of hydrogen-bond acceptors (Lipinski definition) is 10. The molecule has 0 unspecified atom stereocenters. The van der Waals surface area contributed by atoms with E-state index in [0.717, 1.165) is 22.7 Å². The number of rotatable bonds is 7. The Morgan fingerprint density at radius 1 is 1.23 bits per heavy atom. The number of nitrogens with zero attached hydrogens (tertiary/aromatic N) is 1. The summed E-state index contributed by atoms with van der Waals surface area (Å²) in [4.78, 5) is 37.3. The maximum Gasteiger partial charge on any atom is 0.348 e. The zero-order chi connectivity index (χ0) is 22.5. The van der Waals surface area contributed by atoms with Crippen LogP contribution in [-0.2, 0) is 16.1 Å². The molecule has 0 aromatic carbocycles. The van der Waals surface area contributed by atoms with E-state index in [-0.39, 0.29) is 44.9 Å². The first-order chi connectivity index (χ1) is 14.8. The maximum absolute atomic E-state index is 12.6. The first-order valence-corrected chi connectivity index (χ1v) is 10.6. The van der Waals surface area contributed by atoms with Crippen molar-refractivity contribution in [2.24, 2.45) is 0 Å². The highest BCUT2D eigenvalue weighted by atomic mass is 32.1. The van der Waals surface area contributed by atoms with Gasteiger partial charge in [-0.2, -0.15) is 5.26 Å². The molecule has 3 N–H and O–H groups in total. The van der Waals surface area contributed by atoms with E-state index in [1.165, 1.54) is 12.3 Å². The number of aryl methyl sites for hydroxylation is 1. The van der Waals surface area contributed by atoms with Crippen molar-refractivity contribution in [2.75, 3.05) is 17.7 Å². The number of nitrogen functional groups attached to an aromatic ring is 1. The van der Waals surface area contributed by atoms with E-state index in [4.69, 9.17) is 19.6 Å². The monoisotopic (exact) mass is 459 g/mol. The average molecular weight is 460 g/mol. The number of ether oxygens (including phenoxy) is 2. The summed E-state index contributed by atoms with van der Waals surface area (Å²) in [6, 6.07) is 6.67. The van der Waals surface area contributed by atoms with Crippen molar-refractivity contribution in [3.8, 4) is 6.07 Å². The fourth-order valence-electron chi connectivity index (χ4n) is 2.64. The number of thiophene rings is 2. The fraction of sp³-hybridized carbons (Fsp3) is 0.200. The second kappa shape index (κ2) is 9.46. The SMILES string of the molecule is CCOC(=O)c1sc(N)c(C#N)c1COC(=O)c1sc(NC(=O)c2ccco2)cc1C. The molecule has 3 rings (SSSR count). The number of hydrogen-bond donors (Lipinski definition) is 2. The first-order valence-electron chi connectivity index (χ1n) is 8.96. The third-order valence-electron chi connectivity index (χ3n) is 4.04. The number of furan rings is 1. The van der Waals surface area contributed by atoms with Gasteiger partial charge in [0.2, 0.25) is 0 Å². The molecule has 9 nitrogen and oxygen atoms in total. The molecule has 11 heteroatoms. The molecule has 3 aromatic rings. The molecule has 0 radical (unpaired) electrons. The van der Waals surface area contributed by atoms with E-state index in [1.807, 2.05) is 6.07 Å². The Morgan fingerprint density at radius 3 is 2.61 bits per heavy atom. The Balaban J connectivity index is 1.75. The molecule has 0 fully saturated rings. The molecule has 0 saturated carbocycles. The average Bonchev–Trinajstić information content (AvgIpc) is 3.45. The van der Waals surface area contributed by atoms with Gasteiger partial charge < -0.3 is 24.9 Å². The van der Waals surface area contributed by atoms with Gasteiger partial charge in [0.05, 0.1) is 23.4 Å². The number of nitriles is 1. The Morgan fingerprint density at radius 2 is 1.97 bits per heavy atom. The second-order valence-corrected chi connectivity index (χ2v) is 8.22. The summed E-state index contributed by atoms with van der Waals surface area (Å²) in [7, 11) is 0. The van der Waals surface area contributed by atoms with Gasteiger partial charge in [0.25, 0.3) is 5.91 Å². The van der Waals surface area contributed by atoms with Crippen molar-refractivity contribution >= 4 is 50.5 Å². The zero-order valence-corrected chi connectivity index (χ0v) is 18.1. The van der Waals surface area contributed by atoms with Gasteiger partial charge in [-0.05, 0) is 37.6 Å². The Bertz CT molecular complexity index is 1170. The first kappa shape index (κ1) is 22.1. The van der Waals surface area contributed by atoms with Crippen LogP contribution in [0.5, 0.6) is 0 Å². The smallest absolute Gasteiger partial charge is 0.348 e. The lowest BCUT2D eigenvalue weighted by Gasteiger charge is -2.06. The molecule has 0 spiro atoms. The van der Waals surface area contributed by atoms with E-state index in [9.17, 15) is 19.6 Å². The van der Waals surface area contributed by atoms with Crippen LogP contribution in [0.25, 0.3) is 0 Å². The van der Waals surface area contributed by atoms with Gasteiger partial charge in [-0.1, -0.05) is 0 Å². The summed E-state index contributed by atoms with van der Waals surface area (Å²) in [5.41, 5.74) is 6.70. The van der Waals surface area contributed by atoms with E-state index >= 15 is 0 Å². The minimum Gasteiger partial charge on any atom is -0.462 e. The van der Waals surface area contributed by atoms with Crippen molar-refractivity contribution in [2.45, 2.75) is 20.5 Å². The minimum absolute atomic E-state index is 0.0788. The van der Waals surface area contributed by atoms with E-state index in [2.05, 4.69) is 5.32 Å². The van der Waals surface area contributed by atoms with Gasteiger partial charge in [0, 0.05) is 5.56 Å². The van der Waals surface area contributed by atoms with Crippen molar-refractivity contribution < 1.29 is 28.3 Å². The van der Waals surface area contributed by atoms with Crippen LogP contribution in [0.4, 0.5) is 10.0 Å². The lowest BCUT2D eigenvalue weighted by molar-refractivity contribution is 0.0456. The molecule has 160 valence electrons. The lowest BCUT2D eigenvalue weighted by Crippen LogP contribution is -2.10. The van der Waals surface area contributed by atoms with E-state index in [0.29, 0.717) is 10.6 Å². The standard InChI is InChI=1S/C20H17N3O6S2/c1-3-27-20(26)16-12(11(8-21)17(22)31-16)9-29-19(25)15-10(2)7-14(30-15)23-18(24)13-5-4-6-28-13/h4-7H,3,9,22H2,1-2H3,(H,23,24). The number of anilines is 2. The van der Waals surface area contributed by atoms with E-state index in [1.54, 1.807) is 26.0 Å². The molecule has 31 heavy (non-hydrogen) atoms. The van der Waals surface area contributed by atoms with Crippen LogP contribution in [0.3, 0.4) is 0 Å². The van der Waals surface area contributed by atoms with Gasteiger partial charge in [0.15, 0.2) is 5.76 Å². The molecule has 0 saturated heterocycles. The minimum atomic E-state index is -0.663. The Kier molecular flexibility index (Phi) is 6.74. The molecule has 0 aliphatic rings. The quantitative estimate of drug-likeness (QED) is 0.505. The van der Waals surface area contributed by atoms with Gasteiger partial charge in [0.1, 0.15) is 27.4 Å². The number of nitrogens with one attached hydrogen (secondary N) is 1. The Labute approximate surface area is 185 Å². The van der Waals surface area contributed by atoms with Crippen LogP contribution in [0.1, 0.15) is 53.5 Å². The molecular formula is C20H17N3O6S2. The third-order valence-corrected chi connectivity index (χ3v) is 6.21. The molecule has 0 atom stereocenters. The van der Waals surface area contributed by atoms with Crippen molar-refractivity contribution in [1.82, 2.24) is 0 Å². The molecule has 0 bridgehead atoms. The molecule has 3 aromatic heterocycles. The third kappa shape index (κ3) is 4.76. The largest absolute Gasteiger partial charge is 0.462 e. The maximum atomic E-state index is 12.6. The normalized spacial score (nSPS) is 10.4. The van der Waals surface area contributed by atoms with Crippen LogP contribution >= 0.6 is 22.7 Å². The summed E-state index contributed by atoms with van der Waals surface area (Å²) in [6.07, 6.45) is 1.38. The fourth-order valence-corrected chi connectivity index (χ4v) is 4.52. The number of carbonyl (C=O) groups excluding carboxylic acids is 3. The van der Waals surface area contributed by atoms with Crippen LogP contribution in [0, 0.1) is 18.3 Å². The highest BCUT2D eigenvalue weighted by molar-refractivity contribution is 7.18.